The molecule has 7 nitrogen and oxygen atoms in total. The molecule has 0 fully saturated rings. The Morgan fingerprint density at radius 2 is 1.93 bits per heavy atom. The Morgan fingerprint density at radius 1 is 1.14 bits per heavy atom. The van der Waals surface area contributed by atoms with Crippen LogP contribution in [0.25, 0.3) is 32.8 Å². The molecule has 0 spiro atoms. The van der Waals surface area contributed by atoms with Gasteiger partial charge < -0.3 is 14.5 Å². The summed E-state index contributed by atoms with van der Waals surface area (Å²) in [5.41, 5.74) is 6.08. The fourth-order valence-electron chi connectivity index (χ4n) is 3.45. The molecule has 0 aliphatic rings. The zero-order valence-electron chi connectivity index (χ0n) is 16.6. The molecule has 3 aromatic heterocycles. The van der Waals surface area contributed by atoms with Gasteiger partial charge in [0.1, 0.15) is 0 Å². The van der Waals surface area contributed by atoms with E-state index in [1.165, 1.54) is 0 Å². The Bertz CT molecular complexity index is 1230. The molecule has 0 saturated carbocycles. The molecule has 0 amide bonds. The monoisotopic (exact) mass is 378 g/mol. The minimum absolute atomic E-state index is 0.221. The molecule has 0 unspecified atom stereocenters. The molecule has 4 rings (SSSR count). The number of carbonyl (C=O) groups excluding carboxylic acids is 1. The summed E-state index contributed by atoms with van der Waals surface area (Å²) in [7, 11) is 1.59. The number of esters is 1. The molecule has 28 heavy (non-hydrogen) atoms. The number of ether oxygens (including phenoxy) is 2. The average molecular weight is 378 g/mol. The smallest absolute Gasteiger partial charge is 0.357 e. The van der Waals surface area contributed by atoms with Crippen molar-refractivity contribution < 1.29 is 14.3 Å². The van der Waals surface area contributed by atoms with Gasteiger partial charge in [-0.25, -0.2) is 19.7 Å². The Kier molecular flexibility index (Phi) is 4.47. The fraction of sp³-hybridized carbons (Fsp3) is 0.333. The fourth-order valence-corrected chi connectivity index (χ4v) is 3.45. The number of hydrogen-bond acceptors (Lipinski definition) is 6. The maximum atomic E-state index is 12.6. The maximum absolute atomic E-state index is 12.6. The van der Waals surface area contributed by atoms with Crippen LogP contribution in [-0.4, -0.2) is 39.1 Å². The highest BCUT2D eigenvalue weighted by molar-refractivity contribution is 6.20. The van der Waals surface area contributed by atoms with Crippen molar-refractivity contribution in [2.75, 3.05) is 7.11 Å². The first-order chi connectivity index (χ1) is 13.4. The third kappa shape index (κ3) is 2.88. The number of aromatic amines is 1. The lowest BCUT2D eigenvalue weighted by atomic mass is 10.0. The topological polar surface area (TPSA) is 90.0 Å². The lowest BCUT2D eigenvalue weighted by Gasteiger charge is -2.12. The van der Waals surface area contributed by atoms with Gasteiger partial charge in [-0.3, -0.25) is 0 Å². The lowest BCUT2D eigenvalue weighted by molar-refractivity contribution is 0.0366. The molecule has 4 aromatic rings. The second kappa shape index (κ2) is 6.83. The number of rotatable bonds is 4. The third-order valence-corrected chi connectivity index (χ3v) is 4.78. The van der Waals surface area contributed by atoms with Gasteiger partial charge in [-0.1, -0.05) is 0 Å². The van der Waals surface area contributed by atoms with E-state index >= 15 is 0 Å². The predicted octanol–water partition coefficient (Wildman–Crippen LogP) is 3.99. The van der Waals surface area contributed by atoms with E-state index in [9.17, 15) is 4.79 Å². The highest BCUT2D eigenvalue weighted by atomic mass is 16.5. The summed E-state index contributed by atoms with van der Waals surface area (Å²) in [5, 5.41) is 1.72. The van der Waals surface area contributed by atoms with Crippen LogP contribution in [0.2, 0.25) is 0 Å². The number of fused-ring (bicyclic) bond motifs is 5. The van der Waals surface area contributed by atoms with E-state index in [2.05, 4.69) is 9.97 Å². The highest BCUT2D eigenvalue weighted by Crippen LogP contribution is 2.34. The number of nitrogens with zero attached hydrogens (tertiary/aromatic N) is 3. The summed E-state index contributed by atoms with van der Waals surface area (Å²) in [4.78, 5) is 29.9. The quantitative estimate of drug-likeness (QED) is 0.540. The Morgan fingerprint density at radius 3 is 2.64 bits per heavy atom. The predicted molar refractivity (Wildman–Crippen MR) is 107 cm³/mol. The lowest BCUT2D eigenvalue weighted by Crippen LogP contribution is -2.15. The van der Waals surface area contributed by atoms with Gasteiger partial charge in [0.15, 0.2) is 5.69 Å². The number of methoxy groups -OCH3 is 1. The van der Waals surface area contributed by atoms with Crippen LogP contribution in [0.4, 0.5) is 0 Å². The summed E-state index contributed by atoms with van der Waals surface area (Å²) in [6.07, 6.45) is 1.37. The molecule has 0 aliphatic heterocycles. The number of nitrogens with one attached hydrogen (secondary N) is 1. The van der Waals surface area contributed by atoms with E-state index in [1.54, 1.807) is 13.3 Å². The highest BCUT2D eigenvalue weighted by Gasteiger charge is 2.23. The summed E-state index contributed by atoms with van der Waals surface area (Å²) in [6.45, 7) is 7.80. The zero-order chi connectivity index (χ0) is 20.0. The summed E-state index contributed by atoms with van der Waals surface area (Å²) >= 11 is 0. The molecule has 144 valence electrons. The molecule has 0 radical (unpaired) electrons. The summed E-state index contributed by atoms with van der Waals surface area (Å²) in [5.74, 6) is -0.468. The average Bonchev–Trinajstić information content (AvgIpc) is 3.02. The molecule has 1 aromatic carbocycles. The zero-order valence-corrected chi connectivity index (χ0v) is 16.6. The Hall–Kier alpha value is -3.06. The Labute approximate surface area is 162 Å². The number of pyridine rings is 1. The minimum atomic E-state index is -0.468. The van der Waals surface area contributed by atoms with E-state index in [1.807, 2.05) is 39.8 Å². The molecular formula is C21H22N4O3. The van der Waals surface area contributed by atoms with Gasteiger partial charge in [0.25, 0.3) is 0 Å². The van der Waals surface area contributed by atoms with Gasteiger partial charge in [-0.2, -0.15) is 0 Å². The van der Waals surface area contributed by atoms with Crippen molar-refractivity contribution in [1.29, 1.82) is 0 Å². The molecular weight excluding hydrogens is 356 g/mol. The first kappa shape index (κ1) is 18.3. The number of carbonyl (C=O) groups is 1. The largest absolute Gasteiger partial charge is 0.458 e. The van der Waals surface area contributed by atoms with Crippen molar-refractivity contribution in [3.8, 4) is 0 Å². The first-order valence-electron chi connectivity index (χ1n) is 9.17. The summed E-state index contributed by atoms with van der Waals surface area (Å²) < 4.78 is 10.8. The van der Waals surface area contributed by atoms with Crippen molar-refractivity contribution in [3.05, 3.63) is 41.0 Å². The molecule has 0 bridgehead atoms. The van der Waals surface area contributed by atoms with Crippen LogP contribution >= 0.6 is 0 Å². The number of aryl methyl sites for hydroxylation is 2. The van der Waals surface area contributed by atoms with Gasteiger partial charge in [-0.05, 0) is 39.8 Å². The molecule has 0 atom stereocenters. The van der Waals surface area contributed by atoms with Crippen LogP contribution in [0.3, 0.4) is 0 Å². The van der Waals surface area contributed by atoms with Crippen LogP contribution in [0.1, 0.15) is 41.3 Å². The molecule has 0 aliphatic carbocycles. The van der Waals surface area contributed by atoms with Gasteiger partial charge in [-0.15, -0.1) is 0 Å². The molecule has 3 heterocycles. The van der Waals surface area contributed by atoms with E-state index in [0.29, 0.717) is 11.1 Å². The second-order valence-corrected chi connectivity index (χ2v) is 7.15. The maximum Gasteiger partial charge on any atom is 0.357 e. The van der Waals surface area contributed by atoms with Crippen LogP contribution in [0.15, 0.2) is 18.3 Å². The normalized spacial score (nSPS) is 11.8. The van der Waals surface area contributed by atoms with Crippen LogP contribution in [0.5, 0.6) is 0 Å². The van der Waals surface area contributed by atoms with Gasteiger partial charge in [0, 0.05) is 29.1 Å². The third-order valence-electron chi connectivity index (χ3n) is 4.78. The van der Waals surface area contributed by atoms with Crippen LogP contribution in [-0.2, 0) is 16.1 Å². The standard InChI is InChI=1S/C21H22N4O3/c1-10(2)28-21(26)19-13(9-27-5)17-16(8-22-19)25-14-6-7-15-20(18(14)17)24-12(4)11(3)23-15/h6-8,10,23H,9H2,1-5H3. The van der Waals surface area contributed by atoms with Crippen molar-refractivity contribution in [2.45, 2.75) is 40.4 Å². The molecule has 0 saturated heterocycles. The van der Waals surface area contributed by atoms with E-state index in [0.717, 1.165) is 38.7 Å². The summed E-state index contributed by atoms with van der Waals surface area (Å²) in [6, 6.07) is 3.92. The number of benzene rings is 1. The van der Waals surface area contributed by atoms with Crippen molar-refractivity contribution >= 4 is 38.8 Å². The van der Waals surface area contributed by atoms with Gasteiger partial charge in [0.05, 0.1) is 46.7 Å². The van der Waals surface area contributed by atoms with E-state index < -0.39 is 5.97 Å². The SMILES string of the molecule is COCc1c(C(=O)OC(C)C)ncc2nc3ccc4[nH]c(C)c(C)nc4c3c12. The molecule has 1 N–H and O–H groups in total. The number of hydrogen-bond donors (Lipinski definition) is 1. The van der Waals surface area contributed by atoms with Gasteiger partial charge in [0.2, 0.25) is 0 Å². The Balaban J connectivity index is 2.12. The molecule has 7 heteroatoms. The van der Waals surface area contributed by atoms with Crippen molar-refractivity contribution in [1.82, 2.24) is 19.9 Å². The van der Waals surface area contributed by atoms with Crippen molar-refractivity contribution in [3.63, 3.8) is 0 Å². The van der Waals surface area contributed by atoms with Crippen LogP contribution < -0.4 is 0 Å². The van der Waals surface area contributed by atoms with Crippen molar-refractivity contribution in [2.24, 2.45) is 0 Å². The first-order valence-corrected chi connectivity index (χ1v) is 9.17. The van der Waals surface area contributed by atoms with E-state index in [4.69, 9.17) is 19.4 Å². The van der Waals surface area contributed by atoms with Gasteiger partial charge >= 0.3 is 5.97 Å². The number of H-pyrrole nitrogens is 1. The van der Waals surface area contributed by atoms with E-state index in [-0.39, 0.29) is 18.4 Å². The number of aromatic nitrogens is 4. The second-order valence-electron chi connectivity index (χ2n) is 7.15. The van der Waals surface area contributed by atoms with Crippen LogP contribution in [0, 0.1) is 13.8 Å². The minimum Gasteiger partial charge on any atom is -0.458 e.